The van der Waals surface area contributed by atoms with Crippen LogP contribution in [0.25, 0.3) is 0 Å². The van der Waals surface area contributed by atoms with E-state index in [4.69, 9.17) is 0 Å². The predicted octanol–water partition coefficient (Wildman–Crippen LogP) is 2.60. The van der Waals surface area contributed by atoms with Crippen molar-refractivity contribution in [3.8, 4) is 0 Å². The van der Waals surface area contributed by atoms with Gasteiger partial charge in [0, 0.05) is 7.05 Å². The van der Waals surface area contributed by atoms with Gasteiger partial charge in [-0.1, -0.05) is 30.3 Å². The van der Waals surface area contributed by atoms with Gasteiger partial charge in [-0.05, 0) is 12.5 Å². The molecule has 1 atom stereocenters. The standard InChI is InChI=1S/C10H12INO/c1-8(10(13)12(2)11)9-6-4-3-5-7-9/h3-8H,1-2H3/t8-/m0/s1. The van der Waals surface area contributed by atoms with Crippen LogP contribution in [-0.2, 0) is 4.79 Å². The zero-order valence-corrected chi connectivity index (χ0v) is 9.86. The summed E-state index contributed by atoms with van der Waals surface area (Å²) in [5.74, 6) is 0.0786. The molecule has 0 N–H and O–H groups in total. The van der Waals surface area contributed by atoms with Gasteiger partial charge < -0.3 is 0 Å². The molecule has 0 radical (unpaired) electrons. The van der Waals surface area contributed by atoms with Gasteiger partial charge in [0.2, 0.25) is 5.91 Å². The highest BCUT2D eigenvalue weighted by Crippen LogP contribution is 2.18. The van der Waals surface area contributed by atoms with Crippen molar-refractivity contribution in [2.75, 3.05) is 7.05 Å². The maximum Gasteiger partial charge on any atom is 0.238 e. The molecule has 0 bridgehead atoms. The third kappa shape index (κ3) is 2.69. The first-order chi connectivity index (χ1) is 6.13. The highest BCUT2D eigenvalue weighted by molar-refractivity contribution is 14.1. The van der Waals surface area contributed by atoms with Crippen molar-refractivity contribution in [3.63, 3.8) is 0 Å². The van der Waals surface area contributed by atoms with Gasteiger partial charge in [0.25, 0.3) is 0 Å². The first-order valence-corrected chi connectivity index (χ1v) is 5.07. The third-order valence-electron chi connectivity index (χ3n) is 1.97. The summed E-state index contributed by atoms with van der Waals surface area (Å²) >= 11 is 1.99. The summed E-state index contributed by atoms with van der Waals surface area (Å²) in [6.45, 7) is 1.92. The molecule has 1 aromatic carbocycles. The summed E-state index contributed by atoms with van der Waals surface area (Å²) in [6.07, 6.45) is 0. The third-order valence-corrected chi connectivity index (χ3v) is 2.45. The van der Waals surface area contributed by atoms with E-state index in [9.17, 15) is 4.79 Å². The number of likely N-dealkylation sites (N-methyl/N-ethyl adjacent to an activating group) is 1. The lowest BCUT2D eigenvalue weighted by molar-refractivity contribution is -0.125. The van der Waals surface area contributed by atoms with Gasteiger partial charge in [-0.15, -0.1) is 0 Å². The van der Waals surface area contributed by atoms with Gasteiger partial charge in [-0.2, -0.15) is 0 Å². The number of carbonyl (C=O) groups excluding carboxylic acids is 1. The fourth-order valence-electron chi connectivity index (χ4n) is 1.15. The molecule has 0 saturated carbocycles. The van der Waals surface area contributed by atoms with Crippen LogP contribution in [0.3, 0.4) is 0 Å². The predicted molar refractivity (Wildman–Crippen MR) is 61.6 cm³/mol. The normalized spacial score (nSPS) is 12.2. The Labute approximate surface area is 92.4 Å². The molecule has 0 aromatic heterocycles. The molecular weight excluding hydrogens is 277 g/mol. The Bertz CT molecular complexity index is 284. The van der Waals surface area contributed by atoms with Gasteiger partial charge in [0.15, 0.2) is 0 Å². The van der Waals surface area contributed by atoms with Gasteiger partial charge in [-0.25, -0.2) is 0 Å². The summed E-state index contributed by atoms with van der Waals surface area (Å²) in [4.78, 5) is 11.6. The van der Waals surface area contributed by atoms with Crippen LogP contribution in [0.4, 0.5) is 0 Å². The number of hydrogen-bond acceptors (Lipinski definition) is 1. The van der Waals surface area contributed by atoms with Crippen LogP contribution in [0.5, 0.6) is 0 Å². The van der Waals surface area contributed by atoms with E-state index in [0.717, 1.165) is 5.56 Å². The summed E-state index contributed by atoms with van der Waals surface area (Å²) in [5, 5.41) is 0. The van der Waals surface area contributed by atoms with E-state index in [1.54, 1.807) is 10.2 Å². The molecule has 1 rings (SSSR count). The second-order valence-corrected chi connectivity index (χ2v) is 4.40. The smallest absolute Gasteiger partial charge is 0.238 e. The van der Waals surface area contributed by atoms with Crippen molar-refractivity contribution in [1.82, 2.24) is 3.11 Å². The fourth-order valence-corrected chi connectivity index (χ4v) is 1.57. The molecular formula is C10H12INO. The van der Waals surface area contributed by atoms with Gasteiger partial charge in [0.1, 0.15) is 0 Å². The van der Waals surface area contributed by atoms with Crippen molar-refractivity contribution in [2.45, 2.75) is 12.8 Å². The SMILES string of the molecule is C[C@H](C(=O)N(C)I)c1ccccc1. The van der Waals surface area contributed by atoms with Crippen molar-refractivity contribution in [1.29, 1.82) is 0 Å². The van der Waals surface area contributed by atoms with Crippen LogP contribution in [0.15, 0.2) is 30.3 Å². The molecule has 2 nitrogen and oxygen atoms in total. The highest BCUT2D eigenvalue weighted by Gasteiger charge is 2.16. The lowest BCUT2D eigenvalue weighted by Gasteiger charge is -2.14. The maximum atomic E-state index is 11.6. The Balaban J connectivity index is 2.80. The second kappa shape index (κ2) is 4.60. The van der Waals surface area contributed by atoms with E-state index >= 15 is 0 Å². The maximum absolute atomic E-state index is 11.6. The average Bonchev–Trinajstić information content (AvgIpc) is 2.17. The number of rotatable bonds is 2. The molecule has 13 heavy (non-hydrogen) atoms. The van der Waals surface area contributed by atoms with E-state index in [2.05, 4.69) is 0 Å². The quantitative estimate of drug-likeness (QED) is 0.605. The number of halogens is 1. The van der Waals surface area contributed by atoms with Crippen LogP contribution in [-0.4, -0.2) is 16.1 Å². The molecule has 0 aliphatic carbocycles. The minimum Gasteiger partial charge on any atom is -0.288 e. The van der Waals surface area contributed by atoms with E-state index in [1.807, 2.05) is 60.1 Å². The Morgan fingerprint density at radius 3 is 2.38 bits per heavy atom. The van der Waals surface area contributed by atoms with Gasteiger partial charge in [0.05, 0.1) is 28.8 Å². The lowest BCUT2D eigenvalue weighted by atomic mass is 10.0. The Morgan fingerprint density at radius 1 is 1.38 bits per heavy atom. The van der Waals surface area contributed by atoms with Crippen molar-refractivity contribution < 1.29 is 4.79 Å². The van der Waals surface area contributed by atoms with E-state index < -0.39 is 0 Å². The summed E-state index contributed by atoms with van der Waals surface area (Å²) in [6, 6.07) is 9.80. The molecule has 0 aliphatic rings. The number of amides is 1. The van der Waals surface area contributed by atoms with Crippen LogP contribution >= 0.6 is 22.9 Å². The van der Waals surface area contributed by atoms with E-state index in [0.29, 0.717) is 0 Å². The molecule has 0 aliphatic heterocycles. The van der Waals surface area contributed by atoms with Crippen molar-refractivity contribution >= 4 is 28.8 Å². The van der Waals surface area contributed by atoms with Crippen LogP contribution < -0.4 is 0 Å². The lowest BCUT2D eigenvalue weighted by Crippen LogP contribution is -2.21. The Hall–Kier alpha value is -0.580. The minimum absolute atomic E-state index is 0.0527. The second-order valence-electron chi connectivity index (χ2n) is 2.95. The molecule has 0 unspecified atom stereocenters. The molecule has 0 fully saturated rings. The Morgan fingerprint density at radius 2 is 1.92 bits per heavy atom. The van der Waals surface area contributed by atoms with Crippen LogP contribution in [0, 0.1) is 0 Å². The van der Waals surface area contributed by atoms with Crippen molar-refractivity contribution in [2.24, 2.45) is 0 Å². The Kier molecular flexibility index (Phi) is 3.71. The zero-order valence-electron chi connectivity index (χ0n) is 7.70. The topological polar surface area (TPSA) is 20.3 Å². The molecule has 1 aromatic rings. The van der Waals surface area contributed by atoms with Gasteiger partial charge >= 0.3 is 0 Å². The van der Waals surface area contributed by atoms with Crippen LogP contribution in [0.2, 0.25) is 0 Å². The molecule has 0 saturated heterocycles. The molecule has 0 spiro atoms. The number of carbonyl (C=O) groups is 1. The van der Waals surface area contributed by atoms with E-state index in [-0.39, 0.29) is 11.8 Å². The molecule has 70 valence electrons. The summed E-state index contributed by atoms with van der Waals surface area (Å²) in [7, 11) is 1.77. The molecule has 0 heterocycles. The van der Waals surface area contributed by atoms with Crippen LogP contribution in [0.1, 0.15) is 18.4 Å². The number of nitrogens with zero attached hydrogens (tertiary/aromatic N) is 1. The fraction of sp³-hybridized carbons (Fsp3) is 0.300. The molecule has 1 amide bonds. The minimum atomic E-state index is -0.0527. The number of hydrogen-bond donors (Lipinski definition) is 0. The zero-order chi connectivity index (χ0) is 9.84. The monoisotopic (exact) mass is 289 g/mol. The van der Waals surface area contributed by atoms with Gasteiger partial charge in [-0.3, -0.25) is 7.91 Å². The first kappa shape index (κ1) is 10.5. The summed E-state index contributed by atoms with van der Waals surface area (Å²) < 4.78 is 1.59. The number of benzene rings is 1. The average molecular weight is 289 g/mol. The summed E-state index contributed by atoms with van der Waals surface area (Å²) in [5.41, 5.74) is 1.07. The molecule has 3 heteroatoms. The highest BCUT2D eigenvalue weighted by atomic mass is 127. The first-order valence-electron chi connectivity index (χ1n) is 4.11. The largest absolute Gasteiger partial charge is 0.288 e. The van der Waals surface area contributed by atoms with Crippen molar-refractivity contribution in [3.05, 3.63) is 35.9 Å². The van der Waals surface area contributed by atoms with E-state index in [1.165, 1.54) is 0 Å².